The molecule has 0 aliphatic heterocycles. The summed E-state index contributed by atoms with van der Waals surface area (Å²) < 4.78 is 33.6. The van der Waals surface area contributed by atoms with E-state index in [0.717, 1.165) is 5.56 Å². The Bertz CT molecular complexity index is 1210. The number of anilines is 2. The summed E-state index contributed by atoms with van der Waals surface area (Å²) in [5.41, 5.74) is 2.04. The van der Waals surface area contributed by atoms with E-state index in [-0.39, 0.29) is 15.5 Å². The molecule has 0 atom stereocenters. The van der Waals surface area contributed by atoms with Crippen LogP contribution in [0.2, 0.25) is 5.02 Å². The van der Waals surface area contributed by atoms with Crippen molar-refractivity contribution in [1.29, 1.82) is 0 Å². The molecule has 0 aromatic heterocycles. The number of halogens is 1. The Morgan fingerprint density at radius 2 is 1.81 bits per heavy atom. The van der Waals surface area contributed by atoms with Crippen molar-refractivity contribution in [3.63, 3.8) is 0 Å². The molecule has 160 valence electrons. The summed E-state index contributed by atoms with van der Waals surface area (Å²) in [5, 5.41) is 2.74. The fourth-order valence-electron chi connectivity index (χ4n) is 2.70. The lowest BCUT2D eigenvalue weighted by Gasteiger charge is -2.12. The number of ether oxygens (including phenoxy) is 1. The summed E-state index contributed by atoms with van der Waals surface area (Å²) in [7, 11) is -3.99. The molecule has 8 heteroatoms. The van der Waals surface area contributed by atoms with Crippen LogP contribution >= 0.6 is 11.6 Å². The number of benzene rings is 3. The number of amides is 1. The first-order valence-electron chi connectivity index (χ1n) is 9.32. The van der Waals surface area contributed by atoms with Crippen LogP contribution in [-0.2, 0) is 10.0 Å². The lowest BCUT2D eigenvalue weighted by molar-refractivity contribution is 0.102. The number of carbonyl (C=O) groups excluding carboxylic acids is 1. The van der Waals surface area contributed by atoms with Gasteiger partial charge >= 0.3 is 0 Å². The summed E-state index contributed by atoms with van der Waals surface area (Å²) in [6, 6.07) is 17.8. The molecule has 0 unspecified atom stereocenters. The first-order chi connectivity index (χ1) is 14.8. The highest BCUT2D eigenvalue weighted by molar-refractivity contribution is 7.92. The highest BCUT2D eigenvalue weighted by Gasteiger charge is 2.20. The molecule has 1 amide bonds. The van der Waals surface area contributed by atoms with Crippen LogP contribution in [0.25, 0.3) is 0 Å². The second kappa shape index (κ2) is 9.68. The quantitative estimate of drug-likeness (QED) is 0.452. The fourth-order valence-corrected chi connectivity index (χ4v) is 4.29. The van der Waals surface area contributed by atoms with Crippen LogP contribution in [0.4, 0.5) is 11.4 Å². The minimum absolute atomic E-state index is 0.0102. The molecule has 3 aromatic carbocycles. The fraction of sp³-hybridized carbons (Fsp3) is 0.0870. The van der Waals surface area contributed by atoms with E-state index in [2.05, 4.69) is 16.6 Å². The summed E-state index contributed by atoms with van der Waals surface area (Å²) >= 11 is 6.13. The van der Waals surface area contributed by atoms with Gasteiger partial charge in [-0.05, 0) is 49.4 Å². The van der Waals surface area contributed by atoms with Gasteiger partial charge in [-0.2, -0.15) is 0 Å². The van der Waals surface area contributed by atoms with Crippen molar-refractivity contribution in [2.24, 2.45) is 0 Å². The average Bonchev–Trinajstić information content (AvgIpc) is 2.74. The van der Waals surface area contributed by atoms with E-state index in [0.29, 0.717) is 23.7 Å². The summed E-state index contributed by atoms with van der Waals surface area (Å²) in [4.78, 5) is 12.5. The molecule has 3 aromatic rings. The van der Waals surface area contributed by atoms with Crippen molar-refractivity contribution in [2.75, 3.05) is 16.6 Å². The van der Waals surface area contributed by atoms with Crippen LogP contribution in [0.1, 0.15) is 15.9 Å². The van der Waals surface area contributed by atoms with Crippen molar-refractivity contribution >= 4 is 38.9 Å². The van der Waals surface area contributed by atoms with Crippen molar-refractivity contribution in [3.8, 4) is 5.75 Å². The van der Waals surface area contributed by atoms with E-state index in [1.807, 2.05) is 6.92 Å². The van der Waals surface area contributed by atoms with Crippen molar-refractivity contribution in [1.82, 2.24) is 0 Å². The minimum Gasteiger partial charge on any atom is -0.489 e. The van der Waals surface area contributed by atoms with Gasteiger partial charge in [0.2, 0.25) is 0 Å². The van der Waals surface area contributed by atoms with Gasteiger partial charge in [-0.25, -0.2) is 8.42 Å². The van der Waals surface area contributed by atoms with Gasteiger partial charge in [-0.3, -0.25) is 9.52 Å². The molecule has 3 rings (SSSR count). The van der Waals surface area contributed by atoms with E-state index in [4.69, 9.17) is 16.3 Å². The monoisotopic (exact) mass is 456 g/mol. The lowest BCUT2D eigenvalue weighted by Crippen LogP contribution is -2.16. The molecular weight excluding hydrogens is 436 g/mol. The molecule has 0 saturated heterocycles. The van der Waals surface area contributed by atoms with Crippen LogP contribution in [0.15, 0.2) is 84.3 Å². The van der Waals surface area contributed by atoms with Crippen molar-refractivity contribution < 1.29 is 17.9 Å². The third-order valence-corrected chi connectivity index (χ3v) is 6.11. The maximum atomic E-state index is 12.8. The number of hydrogen-bond donors (Lipinski definition) is 2. The number of rotatable bonds is 8. The molecule has 0 fully saturated rings. The Balaban J connectivity index is 1.82. The zero-order valence-corrected chi connectivity index (χ0v) is 18.3. The van der Waals surface area contributed by atoms with Crippen LogP contribution in [0.3, 0.4) is 0 Å². The Morgan fingerprint density at radius 3 is 2.52 bits per heavy atom. The molecule has 0 aliphatic carbocycles. The van der Waals surface area contributed by atoms with Gasteiger partial charge in [-0.1, -0.05) is 48.0 Å². The van der Waals surface area contributed by atoms with Gasteiger partial charge in [0, 0.05) is 23.0 Å². The minimum atomic E-state index is -3.99. The standard InChI is InChI=1S/C23H21ClN2O4S/c1-3-13-30-20-6-4-5-19(15-20)25-23(27)17-9-12-21(24)22(14-17)31(28,29)26-18-10-7-16(2)8-11-18/h3-12,14-15,26H,1,13H2,2H3,(H,25,27). The van der Waals surface area contributed by atoms with Gasteiger partial charge in [0.15, 0.2) is 0 Å². The number of aryl methyl sites for hydroxylation is 1. The Labute approximate surface area is 186 Å². The zero-order chi connectivity index (χ0) is 22.4. The van der Waals surface area contributed by atoms with Gasteiger partial charge in [0.25, 0.3) is 15.9 Å². The van der Waals surface area contributed by atoms with Crippen LogP contribution < -0.4 is 14.8 Å². The van der Waals surface area contributed by atoms with Crippen LogP contribution in [0, 0.1) is 6.92 Å². The van der Waals surface area contributed by atoms with Crippen molar-refractivity contribution in [3.05, 3.63) is 95.5 Å². The van der Waals surface area contributed by atoms with Gasteiger partial charge < -0.3 is 10.1 Å². The molecule has 0 heterocycles. The normalized spacial score (nSPS) is 10.9. The van der Waals surface area contributed by atoms with Crippen LogP contribution in [0.5, 0.6) is 5.75 Å². The molecule has 2 N–H and O–H groups in total. The van der Waals surface area contributed by atoms with Crippen LogP contribution in [-0.4, -0.2) is 20.9 Å². The van der Waals surface area contributed by atoms with Crippen molar-refractivity contribution in [2.45, 2.75) is 11.8 Å². The number of nitrogens with one attached hydrogen (secondary N) is 2. The SMILES string of the molecule is C=CCOc1cccc(NC(=O)c2ccc(Cl)c(S(=O)(=O)Nc3ccc(C)cc3)c2)c1. The van der Waals surface area contributed by atoms with E-state index in [9.17, 15) is 13.2 Å². The molecule has 0 radical (unpaired) electrons. The van der Waals surface area contributed by atoms with E-state index in [1.165, 1.54) is 18.2 Å². The van der Waals surface area contributed by atoms with Gasteiger partial charge in [0.05, 0.1) is 5.02 Å². The highest BCUT2D eigenvalue weighted by Crippen LogP contribution is 2.26. The van der Waals surface area contributed by atoms with Gasteiger partial charge in [0.1, 0.15) is 17.3 Å². The smallest absolute Gasteiger partial charge is 0.263 e. The Kier molecular flexibility index (Phi) is 6.99. The summed E-state index contributed by atoms with van der Waals surface area (Å²) in [5.74, 6) is 0.0868. The maximum absolute atomic E-state index is 12.8. The first-order valence-corrected chi connectivity index (χ1v) is 11.2. The largest absolute Gasteiger partial charge is 0.489 e. The molecular formula is C23H21ClN2O4S. The predicted octanol–water partition coefficient (Wildman–Crippen LogP) is 5.27. The van der Waals surface area contributed by atoms with E-state index < -0.39 is 15.9 Å². The topological polar surface area (TPSA) is 84.5 Å². The molecule has 0 saturated carbocycles. The third-order valence-electron chi connectivity index (χ3n) is 4.25. The molecule has 31 heavy (non-hydrogen) atoms. The number of sulfonamides is 1. The molecule has 0 aliphatic rings. The lowest BCUT2D eigenvalue weighted by atomic mass is 10.2. The Hall–Kier alpha value is -3.29. The van der Waals surface area contributed by atoms with E-state index in [1.54, 1.807) is 54.6 Å². The summed E-state index contributed by atoms with van der Waals surface area (Å²) in [6.45, 7) is 5.83. The predicted molar refractivity (Wildman–Crippen MR) is 124 cm³/mol. The highest BCUT2D eigenvalue weighted by atomic mass is 35.5. The Morgan fingerprint density at radius 1 is 1.06 bits per heavy atom. The number of hydrogen-bond acceptors (Lipinski definition) is 4. The molecule has 0 bridgehead atoms. The third kappa shape index (κ3) is 5.87. The van der Waals surface area contributed by atoms with Gasteiger partial charge in [-0.15, -0.1) is 0 Å². The first kappa shape index (κ1) is 22.4. The summed E-state index contributed by atoms with van der Waals surface area (Å²) in [6.07, 6.45) is 1.62. The van der Waals surface area contributed by atoms with E-state index >= 15 is 0 Å². The zero-order valence-electron chi connectivity index (χ0n) is 16.8. The average molecular weight is 457 g/mol. The second-order valence-electron chi connectivity index (χ2n) is 6.70. The number of carbonyl (C=O) groups is 1. The molecule has 0 spiro atoms. The molecule has 6 nitrogen and oxygen atoms in total. The maximum Gasteiger partial charge on any atom is 0.263 e. The second-order valence-corrected chi connectivity index (χ2v) is 8.76.